The molecule has 0 atom stereocenters. The van der Waals surface area contributed by atoms with Gasteiger partial charge in [-0.2, -0.15) is 0 Å². The predicted octanol–water partition coefficient (Wildman–Crippen LogP) is 2.66. The third-order valence-electron chi connectivity index (χ3n) is 2.06. The number of nitrogens with one attached hydrogen (secondary N) is 1. The number of aromatic nitrogens is 2. The smallest absolute Gasteiger partial charge is 0.189 e. The van der Waals surface area contributed by atoms with Gasteiger partial charge < -0.3 is 11.1 Å². The van der Waals surface area contributed by atoms with Crippen molar-refractivity contribution in [3.8, 4) is 0 Å². The maximum atomic E-state index is 13.0. The molecule has 0 aliphatic rings. The summed E-state index contributed by atoms with van der Waals surface area (Å²) in [6, 6.07) is 6.11. The van der Waals surface area contributed by atoms with Crippen LogP contribution in [0.2, 0.25) is 0 Å². The van der Waals surface area contributed by atoms with Crippen molar-refractivity contribution in [2.24, 2.45) is 0 Å². The first-order valence-electron chi connectivity index (χ1n) is 4.88. The van der Waals surface area contributed by atoms with Gasteiger partial charge in [-0.05, 0) is 24.5 Å². The normalized spacial score (nSPS) is 10.2. The number of nitrogens with zero attached hydrogens (tertiary/aromatic N) is 2. The number of anilines is 3. The lowest BCUT2D eigenvalue weighted by Gasteiger charge is -2.08. The third-order valence-corrected chi connectivity index (χ3v) is 2.63. The number of nitrogens with two attached hydrogens (primary N) is 1. The van der Waals surface area contributed by atoms with Gasteiger partial charge in [0.1, 0.15) is 5.82 Å². The highest BCUT2D eigenvalue weighted by atomic mass is 32.2. The van der Waals surface area contributed by atoms with Gasteiger partial charge in [-0.15, -0.1) is 0 Å². The van der Waals surface area contributed by atoms with Gasteiger partial charge in [-0.3, -0.25) is 0 Å². The van der Waals surface area contributed by atoms with Crippen molar-refractivity contribution in [2.45, 2.75) is 5.16 Å². The molecule has 0 bridgehead atoms. The molecule has 2 aromatic rings. The number of benzene rings is 1. The summed E-state index contributed by atoms with van der Waals surface area (Å²) in [6.07, 6.45) is 3.40. The lowest BCUT2D eigenvalue weighted by Crippen LogP contribution is -2.01. The molecule has 0 radical (unpaired) electrons. The Kier molecular flexibility index (Phi) is 3.43. The van der Waals surface area contributed by atoms with E-state index in [0.717, 1.165) is 0 Å². The molecule has 6 heteroatoms. The predicted molar refractivity (Wildman–Crippen MR) is 67.9 cm³/mol. The molecule has 2 rings (SSSR count). The molecule has 0 amide bonds. The summed E-state index contributed by atoms with van der Waals surface area (Å²) in [5.74, 6) is 0.169. The first-order valence-corrected chi connectivity index (χ1v) is 6.10. The standard InChI is InChI=1S/C11H11FN4S/c1-17-11-14-6-9(13)10(16-11)15-8-4-2-3-7(12)5-8/h2-6H,13H2,1H3,(H,14,15,16). The minimum absolute atomic E-state index is 0.312. The molecule has 1 aromatic heterocycles. The van der Waals surface area contributed by atoms with Crippen LogP contribution in [0.5, 0.6) is 0 Å². The lowest BCUT2D eigenvalue weighted by molar-refractivity contribution is 0.628. The van der Waals surface area contributed by atoms with E-state index in [2.05, 4.69) is 15.3 Å². The Hall–Kier alpha value is -1.82. The van der Waals surface area contributed by atoms with Crippen LogP contribution in [0.25, 0.3) is 0 Å². The fraction of sp³-hybridized carbons (Fsp3) is 0.0909. The number of hydrogen-bond acceptors (Lipinski definition) is 5. The van der Waals surface area contributed by atoms with Crippen molar-refractivity contribution < 1.29 is 4.39 Å². The van der Waals surface area contributed by atoms with Crippen molar-refractivity contribution in [3.63, 3.8) is 0 Å². The lowest BCUT2D eigenvalue weighted by atomic mass is 10.3. The highest BCUT2D eigenvalue weighted by Crippen LogP contribution is 2.22. The SMILES string of the molecule is CSc1ncc(N)c(Nc2cccc(F)c2)n1. The van der Waals surface area contributed by atoms with Crippen LogP contribution in [0.3, 0.4) is 0 Å². The Labute approximate surface area is 102 Å². The third kappa shape index (κ3) is 2.85. The monoisotopic (exact) mass is 250 g/mol. The molecule has 0 aliphatic heterocycles. The highest BCUT2D eigenvalue weighted by molar-refractivity contribution is 7.98. The van der Waals surface area contributed by atoms with E-state index in [1.54, 1.807) is 12.1 Å². The Bertz CT molecular complexity index is 533. The van der Waals surface area contributed by atoms with Crippen LogP contribution in [0, 0.1) is 5.82 Å². The van der Waals surface area contributed by atoms with E-state index in [9.17, 15) is 4.39 Å². The zero-order chi connectivity index (χ0) is 12.3. The zero-order valence-electron chi connectivity index (χ0n) is 9.14. The molecule has 0 fully saturated rings. The second kappa shape index (κ2) is 5.01. The van der Waals surface area contributed by atoms with Gasteiger partial charge in [0.2, 0.25) is 0 Å². The van der Waals surface area contributed by atoms with Crippen LogP contribution < -0.4 is 11.1 Å². The van der Waals surface area contributed by atoms with E-state index in [0.29, 0.717) is 22.3 Å². The second-order valence-corrected chi connectivity index (χ2v) is 4.07. The Morgan fingerprint density at radius 1 is 1.41 bits per heavy atom. The first-order chi connectivity index (χ1) is 8.19. The van der Waals surface area contributed by atoms with E-state index >= 15 is 0 Å². The minimum Gasteiger partial charge on any atom is -0.394 e. The van der Waals surface area contributed by atoms with Crippen molar-refractivity contribution in [3.05, 3.63) is 36.3 Å². The Morgan fingerprint density at radius 3 is 2.94 bits per heavy atom. The van der Waals surface area contributed by atoms with Gasteiger partial charge in [0.25, 0.3) is 0 Å². The molecule has 1 heterocycles. The second-order valence-electron chi connectivity index (χ2n) is 3.30. The molecule has 0 saturated carbocycles. The van der Waals surface area contributed by atoms with Crippen molar-refractivity contribution in [1.82, 2.24) is 9.97 Å². The van der Waals surface area contributed by atoms with Crippen LogP contribution in [0.15, 0.2) is 35.6 Å². The van der Waals surface area contributed by atoms with Crippen molar-refractivity contribution in [2.75, 3.05) is 17.3 Å². The fourth-order valence-corrected chi connectivity index (χ4v) is 1.62. The average molecular weight is 250 g/mol. The average Bonchev–Trinajstić information content (AvgIpc) is 2.32. The number of nitrogen functional groups attached to an aromatic ring is 1. The fourth-order valence-electron chi connectivity index (χ4n) is 1.28. The number of thioether (sulfide) groups is 1. The summed E-state index contributed by atoms with van der Waals surface area (Å²) in [5, 5.41) is 3.57. The molecule has 1 aromatic carbocycles. The molecule has 17 heavy (non-hydrogen) atoms. The zero-order valence-corrected chi connectivity index (χ0v) is 9.96. The van der Waals surface area contributed by atoms with Gasteiger partial charge in [-0.1, -0.05) is 17.8 Å². The van der Waals surface area contributed by atoms with Gasteiger partial charge in [-0.25, -0.2) is 14.4 Å². The largest absolute Gasteiger partial charge is 0.394 e. The quantitative estimate of drug-likeness (QED) is 0.647. The molecule has 0 unspecified atom stereocenters. The van der Waals surface area contributed by atoms with Crippen LogP contribution in [0.1, 0.15) is 0 Å². The van der Waals surface area contributed by atoms with Crippen LogP contribution in [-0.4, -0.2) is 16.2 Å². The van der Waals surface area contributed by atoms with Crippen LogP contribution >= 0.6 is 11.8 Å². The van der Waals surface area contributed by atoms with E-state index in [-0.39, 0.29) is 5.82 Å². The van der Waals surface area contributed by atoms with Gasteiger partial charge >= 0.3 is 0 Å². The Morgan fingerprint density at radius 2 is 2.24 bits per heavy atom. The topological polar surface area (TPSA) is 63.8 Å². The van der Waals surface area contributed by atoms with Crippen molar-refractivity contribution >= 4 is 29.0 Å². The summed E-state index contributed by atoms with van der Waals surface area (Å²) in [4.78, 5) is 8.24. The molecule has 0 aliphatic carbocycles. The maximum absolute atomic E-state index is 13.0. The Balaban J connectivity index is 2.29. The summed E-state index contributed by atoms with van der Waals surface area (Å²) >= 11 is 1.41. The molecule has 0 saturated heterocycles. The van der Waals surface area contributed by atoms with E-state index in [4.69, 9.17) is 5.73 Å². The van der Waals surface area contributed by atoms with Crippen LogP contribution in [-0.2, 0) is 0 Å². The molecule has 4 nitrogen and oxygen atoms in total. The first kappa shape index (κ1) is 11.7. The summed E-state index contributed by atoms with van der Waals surface area (Å²) in [7, 11) is 0. The summed E-state index contributed by atoms with van der Waals surface area (Å²) in [6.45, 7) is 0. The summed E-state index contributed by atoms with van der Waals surface area (Å²) < 4.78 is 13.0. The van der Waals surface area contributed by atoms with E-state index < -0.39 is 0 Å². The molecule has 88 valence electrons. The van der Waals surface area contributed by atoms with Gasteiger partial charge in [0, 0.05) is 5.69 Å². The molecular formula is C11H11FN4S. The highest BCUT2D eigenvalue weighted by Gasteiger charge is 2.04. The van der Waals surface area contributed by atoms with E-state index in [1.807, 2.05) is 6.26 Å². The number of hydrogen-bond donors (Lipinski definition) is 2. The molecule has 3 N–H and O–H groups in total. The molecular weight excluding hydrogens is 239 g/mol. The molecule has 0 spiro atoms. The minimum atomic E-state index is -0.312. The summed E-state index contributed by atoms with van der Waals surface area (Å²) in [5.41, 5.74) is 6.76. The van der Waals surface area contributed by atoms with E-state index in [1.165, 1.54) is 30.1 Å². The van der Waals surface area contributed by atoms with Gasteiger partial charge in [0.15, 0.2) is 11.0 Å². The van der Waals surface area contributed by atoms with Crippen LogP contribution in [0.4, 0.5) is 21.6 Å². The van der Waals surface area contributed by atoms with Gasteiger partial charge in [0.05, 0.1) is 11.9 Å². The van der Waals surface area contributed by atoms with Crippen molar-refractivity contribution in [1.29, 1.82) is 0 Å². The number of rotatable bonds is 3. The maximum Gasteiger partial charge on any atom is 0.189 e. The number of halogens is 1.